The van der Waals surface area contributed by atoms with E-state index >= 15 is 0 Å². The van der Waals surface area contributed by atoms with E-state index in [2.05, 4.69) is 16.4 Å². The van der Waals surface area contributed by atoms with Crippen LogP contribution in [0.15, 0.2) is 12.2 Å². The number of rotatable bonds is 10. The SMILES string of the molecule is CCCCCCCC=CC(CC(=O)OC)C(=O)OC. The Morgan fingerprint density at radius 1 is 1.05 bits per heavy atom. The topological polar surface area (TPSA) is 52.6 Å². The van der Waals surface area contributed by atoms with Crippen molar-refractivity contribution in [3.8, 4) is 0 Å². The Morgan fingerprint density at radius 2 is 1.74 bits per heavy atom. The van der Waals surface area contributed by atoms with Crippen molar-refractivity contribution in [2.75, 3.05) is 14.2 Å². The Bertz CT molecular complexity index is 284. The molecule has 0 saturated carbocycles. The normalized spacial score (nSPS) is 12.4. The summed E-state index contributed by atoms with van der Waals surface area (Å²) in [4.78, 5) is 22.7. The molecule has 4 heteroatoms. The number of hydrogen-bond acceptors (Lipinski definition) is 4. The lowest BCUT2D eigenvalue weighted by Gasteiger charge is -2.08. The number of esters is 2. The molecule has 0 amide bonds. The highest BCUT2D eigenvalue weighted by Gasteiger charge is 2.19. The first-order valence-corrected chi connectivity index (χ1v) is 6.97. The lowest BCUT2D eigenvalue weighted by Crippen LogP contribution is -2.18. The lowest BCUT2D eigenvalue weighted by molar-refractivity contribution is -0.150. The smallest absolute Gasteiger partial charge is 0.313 e. The molecule has 0 aromatic rings. The Balaban J connectivity index is 4.03. The molecule has 0 aliphatic heterocycles. The van der Waals surface area contributed by atoms with Crippen molar-refractivity contribution in [3.63, 3.8) is 0 Å². The largest absolute Gasteiger partial charge is 0.469 e. The first-order chi connectivity index (χ1) is 9.15. The number of carbonyl (C=O) groups is 2. The third-order valence-electron chi connectivity index (χ3n) is 2.96. The molecule has 0 spiro atoms. The zero-order valence-corrected chi connectivity index (χ0v) is 12.3. The molecular formula is C15H26O4. The van der Waals surface area contributed by atoms with Crippen molar-refractivity contribution in [2.24, 2.45) is 5.92 Å². The van der Waals surface area contributed by atoms with Crippen LogP contribution < -0.4 is 0 Å². The first kappa shape index (κ1) is 17.7. The fourth-order valence-corrected chi connectivity index (χ4v) is 1.77. The highest BCUT2D eigenvalue weighted by Crippen LogP contribution is 2.11. The molecule has 0 bridgehead atoms. The quantitative estimate of drug-likeness (QED) is 0.347. The Kier molecular flexibility index (Phi) is 10.9. The number of hydrogen-bond donors (Lipinski definition) is 0. The van der Waals surface area contributed by atoms with E-state index in [1.807, 2.05) is 6.08 Å². The van der Waals surface area contributed by atoms with Crippen molar-refractivity contribution in [1.29, 1.82) is 0 Å². The molecular weight excluding hydrogens is 244 g/mol. The van der Waals surface area contributed by atoms with Gasteiger partial charge in [0.2, 0.25) is 0 Å². The van der Waals surface area contributed by atoms with Gasteiger partial charge < -0.3 is 9.47 Å². The standard InChI is InChI=1S/C15H26O4/c1-4-5-6-7-8-9-10-11-13(15(17)19-3)12-14(16)18-2/h10-11,13H,4-9,12H2,1-3H3. The van der Waals surface area contributed by atoms with E-state index < -0.39 is 17.9 Å². The molecule has 0 heterocycles. The predicted molar refractivity (Wildman–Crippen MR) is 74.7 cm³/mol. The summed E-state index contributed by atoms with van der Waals surface area (Å²) in [6, 6.07) is 0. The molecule has 0 aliphatic rings. The minimum atomic E-state index is -0.534. The second-order valence-corrected chi connectivity index (χ2v) is 4.54. The summed E-state index contributed by atoms with van der Waals surface area (Å²) >= 11 is 0. The third kappa shape index (κ3) is 9.28. The van der Waals surface area contributed by atoms with Gasteiger partial charge >= 0.3 is 11.9 Å². The van der Waals surface area contributed by atoms with Crippen molar-refractivity contribution in [3.05, 3.63) is 12.2 Å². The van der Waals surface area contributed by atoms with E-state index in [1.54, 1.807) is 6.08 Å². The number of carbonyl (C=O) groups excluding carboxylic acids is 2. The van der Waals surface area contributed by atoms with E-state index in [9.17, 15) is 9.59 Å². The van der Waals surface area contributed by atoms with Crippen molar-refractivity contribution >= 4 is 11.9 Å². The van der Waals surface area contributed by atoms with Crippen LogP contribution in [-0.2, 0) is 19.1 Å². The van der Waals surface area contributed by atoms with Gasteiger partial charge in [0.25, 0.3) is 0 Å². The van der Waals surface area contributed by atoms with Gasteiger partial charge in [0.05, 0.1) is 26.6 Å². The molecule has 0 aromatic heterocycles. The molecule has 1 unspecified atom stereocenters. The molecule has 0 rings (SSSR count). The summed E-state index contributed by atoms with van der Waals surface area (Å²) in [6.45, 7) is 2.19. The monoisotopic (exact) mass is 270 g/mol. The molecule has 0 N–H and O–H groups in total. The summed E-state index contributed by atoms with van der Waals surface area (Å²) in [5.41, 5.74) is 0. The molecule has 0 aliphatic carbocycles. The number of unbranched alkanes of at least 4 members (excludes halogenated alkanes) is 5. The zero-order chi connectivity index (χ0) is 14.5. The minimum absolute atomic E-state index is 0.0372. The Morgan fingerprint density at radius 3 is 2.32 bits per heavy atom. The van der Waals surface area contributed by atoms with E-state index in [0.29, 0.717) is 0 Å². The molecule has 110 valence electrons. The van der Waals surface area contributed by atoms with Gasteiger partial charge in [0.15, 0.2) is 0 Å². The zero-order valence-electron chi connectivity index (χ0n) is 12.3. The maximum Gasteiger partial charge on any atom is 0.313 e. The predicted octanol–water partition coefficient (Wildman–Crippen LogP) is 3.26. The molecule has 0 radical (unpaired) electrons. The van der Waals surface area contributed by atoms with Gasteiger partial charge in [-0.3, -0.25) is 9.59 Å². The average molecular weight is 270 g/mol. The van der Waals surface area contributed by atoms with Gasteiger partial charge in [-0.15, -0.1) is 0 Å². The molecule has 4 nitrogen and oxygen atoms in total. The molecule has 0 saturated heterocycles. The fraction of sp³-hybridized carbons (Fsp3) is 0.733. The van der Waals surface area contributed by atoms with Crippen molar-refractivity contribution in [2.45, 2.75) is 51.9 Å². The van der Waals surface area contributed by atoms with Crippen LogP contribution in [0.3, 0.4) is 0 Å². The van der Waals surface area contributed by atoms with E-state index in [4.69, 9.17) is 0 Å². The minimum Gasteiger partial charge on any atom is -0.469 e. The maximum absolute atomic E-state index is 11.5. The van der Waals surface area contributed by atoms with Gasteiger partial charge in [-0.25, -0.2) is 0 Å². The second kappa shape index (κ2) is 11.8. The van der Waals surface area contributed by atoms with E-state index in [1.165, 1.54) is 39.9 Å². The Labute approximate surface area is 116 Å². The number of methoxy groups -OCH3 is 2. The van der Waals surface area contributed by atoms with Gasteiger partial charge in [0.1, 0.15) is 0 Å². The number of ether oxygens (including phenoxy) is 2. The lowest BCUT2D eigenvalue weighted by atomic mass is 10.0. The molecule has 1 atom stereocenters. The van der Waals surface area contributed by atoms with Crippen LogP contribution in [0.5, 0.6) is 0 Å². The molecule has 0 fully saturated rings. The summed E-state index contributed by atoms with van der Waals surface area (Å²) in [7, 11) is 2.64. The van der Waals surface area contributed by atoms with Crippen LogP contribution in [0.25, 0.3) is 0 Å². The first-order valence-electron chi connectivity index (χ1n) is 6.97. The van der Waals surface area contributed by atoms with Crippen LogP contribution in [0.4, 0.5) is 0 Å². The third-order valence-corrected chi connectivity index (χ3v) is 2.96. The maximum atomic E-state index is 11.5. The summed E-state index contributed by atoms with van der Waals surface area (Å²) in [6.07, 6.45) is 10.8. The highest BCUT2D eigenvalue weighted by molar-refractivity contribution is 5.81. The molecule has 19 heavy (non-hydrogen) atoms. The Hall–Kier alpha value is -1.32. The number of allylic oxidation sites excluding steroid dienone is 1. The van der Waals surface area contributed by atoms with Crippen LogP contribution in [0, 0.1) is 5.92 Å². The van der Waals surface area contributed by atoms with Gasteiger partial charge in [-0.2, -0.15) is 0 Å². The average Bonchev–Trinajstić information content (AvgIpc) is 2.43. The second-order valence-electron chi connectivity index (χ2n) is 4.54. The van der Waals surface area contributed by atoms with E-state index in [-0.39, 0.29) is 6.42 Å². The highest BCUT2D eigenvalue weighted by atomic mass is 16.5. The van der Waals surface area contributed by atoms with Gasteiger partial charge in [-0.1, -0.05) is 44.8 Å². The summed E-state index contributed by atoms with van der Waals surface area (Å²) in [5.74, 6) is -1.33. The summed E-state index contributed by atoms with van der Waals surface area (Å²) < 4.78 is 9.24. The van der Waals surface area contributed by atoms with Gasteiger partial charge in [-0.05, 0) is 12.8 Å². The van der Waals surface area contributed by atoms with Crippen molar-refractivity contribution < 1.29 is 19.1 Å². The van der Waals surface area contributed by atoms with Crippen LogP contribution in [0.2, 0.25) is 0 Å². The van der Waals surface area contributed by atoms with Crippen LogP contribution >= 0.6 is 0 Å². The molecule has 0 aromatic carbocycles. The van der Waals surface area contributed by atoms with E-state index in [0.717, 1.165) is 12.8 Å². The van der Waals surface area contributed by atoms with Gasteiger partial charge in [0, 0.05) is 0 Å². The van der Waals surface area contributed by atoms with Crippen LogP contribution in [-0.4, -0.2) is 26.2 Å². The fourth-order valence-electron chi connectivity index (χ4n) is 1.77. The van der Waals surface area contributed by atoms with Crippen molar-refractivity contribution in [1.82, 2.24) is 0 Å². The van der Waals surface area contributed by atoms with Crippen LogP contribution in [0.1, 0.15) is 51.9 Å². The summed E-state index contributed by atoms with van der Waals surface area (Å²) in [5, 5.41) is 0.